The Labute approximate surface area is 245 Å². The molecule has 0 unspecified atom stereocenters. The third-order valence-corrected chi connectivity index (χ3v) is 7.98. The smallest absolute Gasteiger partial charge is 0.410 e. The second-order valence-corrected chi connectivity index (χ2v) is 11.4. The lowest BCUT2D eigenvalue weighted by Gasteiger charge is -2.29. The fraction of sp³-hybridized carbons (Fsp3) is 0.379. The molecule has 2 aliphatic rings. The molecule has 3 heterocycles. The average Bonchev–Trinajstić information content (AvgIpc) is 3.70. The van der Waals surface area contributed by atoms with Gasteiger partial charge in [0.05, 0.1) is 38.1 Å². The van der Waals surface area contributed by atoms with Crippen molar-refractivity contribution in [1.82, 2.24) is 25.1 Å². The molecule has 1 saturated heterocycles. The number of rotatable bonds is 6. The molecule has 3 aromatic rings. The predicted octanol–water partition coefficient (Wildman–Crippen LogP) is 5.15. The number of alkyl carbamates (subject to hydrolysis) is 1. The molecule has 5 rings (SSSR count). The molecule has 1 fully saturated rings. The van der Waals surface area contributed by atoms with E-state index in [1.54, 1.807) is 23.2 Å². The van der Waals surface area contributed by atoms with E-state index in [-0.39, 0.29) is 37.3 Å². The van der Waals surface area contributed by atoms with E-state index in [0.29, 0.717) is 17.8 Å². The highest BCUT2D eigenvalue weighted by Gasteiger charge is 2.43. The van der Waals surface area contributed by atoms with Crippen LogP contribution in [0.3, 0.4) is 0 Å². The van der Waals surface area contributed by atoms with Crippen LogP contribution < -0.4 is 5.32 Å². The van der Waals surface area contributed by atoms with Gasteiger partial charge in [0.2, 0.25) is 5.91 Å². The molecular weight excluding hydrogens is 597 g/mol. The first-order chi connectivity index (χ1) is 19.6. The minimum absolute atomic E-state index is 0.102. The van der Waals surface area contributed by atoms with Crippen molar-refractivity contribution in [3.05, 3.63) is 75.9 Å². The first-order valence-corrected chi connectivity index (χ1v) is 14.1. The van der Waals surface area contributed by atoms with Crippen LogP contribution in [0.15, 0.2) is 53.1 Å². The van der Waals surface area contributed by atoms with Crippen molar-refractivity contribution in [2.75, 3.05) is 13.7 Å². The van der Waals surface area contributed by atoms with Crippen molar-refractivity contribution >= 4 is 34.0 Å². The predicted molar refractivity (Wildman–Crippen MR) is 151 cm³/mol. The van der Waals surface area contributed by atoms with Crippen LogP contribution in [0.5, 0.6) is 0 Å². The molecule has 0 aliphatic carbocycles. The topological polar surface area (TPSA) is 117 Å². The lowest BCUT2D eigenvalue weighted by Crippen LogP contribution is -2.51. The van der Waals surface area contributed by atoms with Gasteiger partial charge in [-0.3, -0.25) is 9.69 Å². The first-order valence-electron chi connectivity index (χ1n) is 13.3. The summed E-state index contributed by atoms with van der Waals surface area (Å²) in [4.78, 5) is 49.9. The largest absolute Gasteiger partial charge is 0.453 e. The number of amides is 3. The van der Waals surface area contributed by atoms with Gasteiger partial charge in [-0.05, 0) is 35.2 Å². The number of fused-ring (bicyclic) bond motifs is 1. The molecule has 12 heteroatoms. The summed E-state index contributed by atoms with van der Waals surface area (Å²) in [6, 6.07) is 11.1. The zero-order valence-electron chi connectivity index (χ0n) is 22.9. The summed E-state index contributed by atoms with van der Waals surface area (Å²) in [6.45, 7) is 4.11. The summed E-state index contributed by atoms with van der Waals surface area (Å²) < 4.78 is 25.8. The Kier molecular flexibility index (Phi) is 8.30. The van der Waals surface area contributed by atoms with Crippen LogP contribution in [0.4, 0.5) is 14.0 Å². The number of carbonyl (C=O) groups excluding carboxylic acids is 3. The van der Waals surface area contributed by atoms with Crippen molar-refractivity contribution in [1.29, 1.82) is 0 Å². The van der Waals surface area contributed by atoms with Crippen molar-refractivity contribution in [3.8, 4) is 11.3 Å². The van der Waals surface area contributed by atoms with Gasteiger partial charge in [0.25, 0.3) is 0 Å². The van der Waals surface area contributed by atoms with Crippen LogP contribution in [-0.4, -0.2) is 63.7 Å². The van der Waals surface area contributed by atoms with E-state index in [4.69, 9.17) is 9.47 Å². The van der Waals surface area contributed by atoms with Gasteiger partial charge in [0.15, 0.2) is 0 Å². The number of carbonyl (C=O) groups is 3. The van der Waals surface area contributed by atoms with Gasteiger partial charge in [-0.25, -0.2) is 19.0 Å². The van der Waals surface area contributed by atoms with Gasteiger partial charge in [-0.15, -0.1) is 0 Å². The number of nitrogens with one attached hydrogen (secondary N) is 2. The Morgan fingerprint density at radius 3 is 2.59 bits per heavy atom. The van der Waals surface area contributed by atoms with E-state index in [0.717, 1.165) is 21.3 Å². The fourth-order valence-corrected chi connectivity index (χ4v) is 5.54. The molecule has 0 spiro atoms. The van der Waals surface area contributed by atoms with E-state index < -0.39 is 30.4 Å². The lowest BCUT2D eigenvalue weighted by molar-refractivity contribution is -0.135. The molecule has 216 valence electrons. The number of hydrogen-bond donors (Lipinski definition) is 2. The number of halogens is 2. The second kappa shape index (κ2) is 11.9. The summed E-state index contributed by atoms with van der Waals surface area (Å²) in [5.74, 6) is -0.401. The number of H-pyrrole nitrogens is 1. The number of imidazole rings is 1. The van der Waals surface area contributed by atoms with Gasteiger partial charge >= 0.3 is 12.2 Å². The summed E-state index contributed by atoms with van der Waals surface area (Å²) in [6.07, 6.45) is 0.0534. The molecule has 1 aromatic heterocycles. The van der Waals surface area contributed by atoms with Crippen molar-refractivity contribution in [2.45, 2.75) is 51.5 Å². The number of nitrogens with zero attached hydrogens (tertiary/aromatic N) is 3. The Morgan fingerprint density at radius 2 is 1.90 bits per heavy atom. The van der Waals surface area contributed by atoms with Gasteiger partial charge < -0.3 is 24.7 Å². The Hall–Kier alpha value is -3.93. The van der Waals surface area contributed by atoms with Gasteiger partial charge in [0, 0.05) is 23.0 Å². The molecule has 3 atom stereocenters. The van der Waals surface area contributed by atoms with E-state index >= 15 is 0 Å². The van der Waals surface area contributed by atoms with E-state index in [1.807, 2.05) is 38.1 Å². The summed E-state index contributed by atoms with van der Waals surface area (Å²) in [7, 11) is 1.24. The number of methoxy groups -OCH3 is 1. The zero-order chi connectivity index (χ0) is 29.3. The maximum Gasteiger partial charge on any atom is 0.410 e. The van der Waals surface area contributed by atoms with Crippen LogP contribution in [0, 0.1) is 11.7 Å². The van der Waals surface area contributed by atoms with Crippen LogP contribution in [-0.2, 0) is 27.4 Å². The highest BCUT2D eigenvalue weighted by Crippen LogP contribution is 2.35. The maximum absolute atomic E-state index is 14.2. The SMILES string of the molecule is COC(=O)N[C@H](C(=O)N1C[C@H](OC(=O)N2Cc3cccc(F)c3C2)C[C@H]1c1ncc(-c2ccc(Br)cc2)[nH]1)C(C)C. The molecule has 2 N–H and O–H groups in total. The van der Waals surface area contributed by atoms with Crippen molar-refractivity contribution < 1.29 is 28.2 Å². The molecule has 3 amide bonds. The van der Waals surface area contributed by atoms with Crippen LogP contribution in [0.25, 0.3) is 11.3 Å². The van der Waals surface area contributed by atoms with Gasteiger partial charge in [-0.1, -0.05) is 54.0 Å². The summed E-state index contributed by atoms with van der Waals surface area (Å²) in [5.41, 5.74) is 2.91. The summed E-state index contributed by atoms with van der Waals surface area (Å²) in [5, 5.41) is 2.63. The van der Waals surface area contributed by atoms with E-state index in [9.17, 15) is 18.8 Å². The zero-order valence-corrected chi connectivity index (χ0v) is 24.5. The Morgan fingerprint density at radius 1 is 1.15 bits per heavy atom. The summed E-state index contributed by atoms with van der Waals surface area (Å²) >= 11 is 3.44. The quantitative estimate of drug-likeness (QED) is 0.390. The molecular formula is C29H31BrFN5O5. The first kappa shape index (κ1) is 28.6. The Balaban J connectivity index is 1.37. The van der Waals surface area contributed by atoms with Gasteiger partial charge in [0.1, 0.15) is 23.8 Å². The number of ether oxygens (including phenoxy) is 2. The third kappa shape index (κ3) is 6.07. The number of likely N-dealkylation sites (tertiary alicyclic amines) is 1. The number of aromatic nitrogens is 2. The number of aromatic amines is 1. The molecule has 0 bridgehead atoms. The monoisotopic (exact) mass is 627 g/mol. The lowest BCUT2D eigenvalue weighted by atomic mass is 10.0. The molecule has 0 radical (unpaired) electrons. The number of benzene rings is 2. The highest BCUT2D eigenvalue weighted by molar-refractivity contribution is 9.10. The van der Waals surface area contributed by atoms with Crippen molar-refractivity contribution in [2.24, 2.45) is 5.92 Å². The van der Waals surface area contributed by atoms with Gasteiger partial charge in [-0.2, -0.15) is 0 Å². The Bertz CT molecular complexity index is 1450. The molecule has 10 nitrogen and oxygen atoms in total. The molecule has 2 aromatic carbocycles. The van der Waals surface area contributed by atoms with Crippen molar-refractivity contribution in [3.63, 3.8) is 0 Å². The molecule has 2 aliphatic heterocycles. The standard InChI is InChI=1S/C29H31BrFN5O5/c1-16(2)25(34-28(38)40-3)27(37)36-14-20(41-29(39)35-13-18-5-4-6-22(31)21(18)15-35)11-24(36)26-32-12-23(33-26)17-7-9-19(30)10-8-17/h4-10,12,16,20,24-25H,11,13-15H2,1-3H3,(H,32,33)(H,34,38)/t20-,24+,25+/m1/s1. The number of hydrogen-bond acceptors (Lipinski definition) is 6. The minimum atomic E-state index is -0.864. The normalized spacial score (nSPS) is 18.8. The average molecular weight is 628 g/mol. The molecule has 0 saturated carbocycles. The van der Waals surface area contributed by atoms with Crippen LogP contribution >= 0.6 is 15.9 Å². The van der Waals surface area contributed by atoms with E-state index in [1.165, 1.54) is 18.1 Å². The maximum atomic E-state index is 14.2. The minimum Gasteiger partial charge on any atom is -0.453 e. The highest BCUT2D eigenvalue weighted by atomic mass is 79.9. The van der Waals surface area contributed by atoms with Crippen LogP contribution in [0.1, 0.15) is 43.3 Å². The second-order valence-electron chi connectivity index (χ2n) is 10.5. The fourth-order valence-electron chi connectivity index (χ4n) is 5.27. The van der Waals surface area contributed by atoms with E-state index in [2.05, 4.69) is 31.2 Å². The molecule has 41 heavy (non-hydrogen) atoms. The third-order valence-electron chi connectivity index (χ3n) is 7.46. The van der Waals surface area contributed by atoms with Crippen LogP contribution in [0.2, 0.25) is 0 Å².